The van der Waals surface area contributed by atoms with Crippen LogP contribution in [0.25, 0.3) is 0 Å². The molecule has 3 rings (SSSR count). The number of carbonyl (C=O) groups is 4. The van der Waals surface area contributed by atoms with Gasteiger partial charge < -0.3 is 23.7 Å². The Balaban J connectivity index is 2.05. The summed E-state index contributed by atoms with van der Waals surface area (Å²) in [6.45, 7) is 0. The molecule has 9 nitrogen and oxygen atoms in total. The number of hydrogen-bond donors (Lipinski definition) is 0. The van der Waals surface area contributed by atoms with Crippen LogP contribution >= 0.6 is 0 Å². The first kappa shape index (κ1) is 18.8. The summed E-state index contributed by atoms with van der Waals surface area (Å²) in [4.78, 5) is 48.8. The maximum atomic E-state index is 12.2. The fourth-order valence-electron chi connectivity index (χ4n) is 3.70. The van der Waals surface area contributed by atoms with E-state index in [9.17, 15) is 19.2 Å². The normalized spacial score (nSPS) is 23.3. The van der Waals surface area contributed by atoms with Crippen molar-refractivity contribution in [3.63, 3.8) is 0 Å². The number of hydrogen-bond acceptors (Lipinski definition) is 9. The van der Waals surface area contributed by atoms with Crippen molar-refractivity contribution in [2.75, 3.05) is 28.4 Å². The molecule has 0 spiro atoms. The van der Waals surface area contributed by atoms with Crippen molar-refractivity contribution in [1.29, 1.82) is 0 Å². The Morgan fingerprint density at radius 3 is 1.30 bits per heavy atom. The molecule has 1 aliphatic carbocycles. The lowest BCUT2D eigenvalue weighted by Crippen LogP contribution is -2.29. The molecule has 3 aliphatic rings. The number of ether oxygens (including phenoxy) is 5. The number of rotatable bonds is 4. The molecule has 2 unspecified atom stereocenters. The first-order valence-electron chi connectivity index (χ1n) is 8.06. The molecule has 0 fully saturated rings. The monoisotopic (exact) mass is 378 g/mol. The van der Waals surface area contributed by atoms with Gasteiger partial charge in [0.25, 0.3) is 0 Å². The average molecular weight is 378 g/mol. The van der Waals surface area contributed by atoms with Crippen LogP contribution in [0.2, 0.25) is 0 Å². The number of carbonyl (C=O) groups excluding carboxylic acids is 4. The fourth-order valence-corrected chi connectivity index (χ4v) is 3.70. The highest BCUT2D eigenvalue weighted by atomic mass is 16.6. The molecule has 0 aromatic heterocycles. The van der Waals surface area contributed by atoms with Gasteiger partial charge in [0.2, 0.25) is 0 Å². The third kappa shape index (κ3) is 2.74. The number of fused-ring (bicyclic) bond motifs is 4. The second kappa shape index (κ2) is 6.99. The fraction of sp³-hybridized carbons (Fsp3) is 0.444. The van der Waals surface area contributed by atoms with E-state index in [-0.39, 0.29) is 35.1 Å². The number of esters is 4. The molecule has 2 atom stereocenters. The molecule has 0 saturated heterocycles. The van der Waals surface area contributed by atoms with Crippen molar-refractivity contribution in [1.82, 2.24) is 0 Å². The lowest BCUT2D eigenvalue weighted by atomic mass is 9.76. The van der Waals surface area contributed by atoms with Crippen molar-refractivity contribution < 1.29 is 42.9 Å². The summed E-state index contributed by atoms with van der Waals surface area (Å²) >= 11 is 0. The standard InChI is InChI=1S/C18H18O9/c1-23-15(19)9-5-7-8(6-10(9)16(20)24-2)14-12(18(22)26-4)11(13(7)27-14)17(21)25-3/h13-14H,5-6H2,1-4H3. The maximum Gasteiger partial charge on any atom is 0.337 e. The van der Waals surface area contributed by atoms with Gasteiger partial charge in [-0.25, -0.2) is 19.2 Å². The summed E-state index contributed by atoms with van der Waals surface area (Å²) in [5.41, 5.74) is 1.67. The topological polar surface area (TPSA) is 114 Å². The zero-order chi connectivity index (χ0) is 19.9. The SMILES string of the molecule is COC(=O)C1=C(C(=O)OC)CC2=C(C1)C1OC2C(C(=O)OC)=C1C(=O)OC. The molecule has 2 heterocycles. The minimum Gasteiger partial charge on any atom is -0.466 e. The van der Waals surface area contributed by atoms with E-state index in [1.807, 2.05) is 0 Å². The predicted molar refractivity (Wildman–Crippen MR) is 87.0 cm³/mol. The van der Waals surface area contributed by atoms with Gasteiger partial charge in [0.15, 0.2) is 0 Å². The van der Waals surface area contributed by atoms with E-state index in [4.69, 9.17) is 23.7 Å². The molecule has 2 aliphatic heterocycles. The van der Waals surface area contributed by atoms with Crippen molar-refractivity contribution in [2.24, 2.45) is 0 Å². The highest BCUT2D eigenvalue weighted by molar-refractivity contribution is 6.06. The minimum atomic E-state index is -0.842. The zero-order valence-electron chi connectivity index (χ0n) is 15.2. The van der Waals surface area contributed by atoms with Gasteiger partial charge in [-0.3, -0.25) is 0 Å². The van der Waals surface area contributed by atoms with Crippen LogP contribution in [0.3, 0.4) is 0 Å². The molecule has 27 heavy (non-hydrogen) atoms. The van der Waals surface area contributed by atoms with Crippen molar-refractivity contribution in [3.05, 3.63) is 33.4 Å². The second-order valence-corrected chi connectivity index (χ2v) is 6.05. The molecule has 0 aromatic carbocycles. The third-order valence-corrected chi connectivity index (χ3v) is 4.91. The van der Waals surface area contributed by atoms with Crippen LogP contribution in [0.5, 0.6) is 0 Å². The number of methoxy groups -OCH3 is 4. The molecular weight excluding hydrogens is 360 g/mol. The van der Waals surface area contributed by atoms with E-state index in [2.05, 4.69) is 0 Å². The zero-order valence-corrected chi connectivity index (χ0v) is 15.2. The Morgan fingerprint density at radius 1 is 0.667 bits per heavy atom. The Morgan fingerprint density at radius 2 is 1.00 bits per heavy atom. The quantitative estimate of drug-likeness (QED) is 0.383. The Kier molecular flexibility index (Phi) is 4.88. The smallest absolute Gasteiger partial charge is 0.337 e. The molecule has 2 bridgehead atoms. The van der Waals surface area contributed by atoms with Gasteiger partial charge in [-0.15, -0.1) is 0 Å². The van der Waals surface area contributed by atoms with Gasteiger partial charge >= 0.3 is 23.9 Å². The molecule has 0 radical (unpaired) electrons. The van der Waals surface area contributed by atoms with Crippen LogP contribution in [0.1, 0.15) is 12.8 Å². The highest BCUT2D eigenvalue weighted by Gasteiger charge is 2.53. The van der Waals surface area contributed by atoms with Crippen LogP contribution in [0.4, 0.5) is 0 Å². The van der Waals surface area contributed by atoms with Gasteiger partial charge in [0.05, 0.1) is 50.7 Å². The summed E-state index contributed by atoms with van der Waals surface area (Å²) in [6, 6.07) is 0. The molecule has 0 amide bonds. The van der Waals surface area contributed by atoms with Crippen LogP contribution in [-0.2, 0) is 42.9 Å². The maximum absolute atomic E-state index is 12.2. The minimum absolute atomic E-state index is 0.0442. The molecule has 0 saturated carbocycles. The van der Waals surface area contributed by atoms with E-state index in [1.54, 1.807) is 0 Å². The van der Waals surface area contributed by atoms with E-state index in [0.717, 1.165) is 0 Å². The first-order valence-corrected chi connectivity index (χ1v) is 8.06. The highest BCUT2D eigenvalue weighted by Crippen LogP contribution is 2.50. The summed E-state index contributed by atoms with van der Waals surface area (Å²) in [7, 11) is 4.81. The van der Waals surface area contributed by atoms with Gasteiger partial charge in [-0.2, -0.15) is 0 Å². The lowest BCUT2D eigenvalue weighted by molar-refractivity contribution is -0.139. The average Bonchev–Trinajstić information content (AvgIpc) is 3.26. The third-order valence-electron chi connectivity index (χ3n) is 4.91. The van der Waals surface area contributed by atoms with E-state index >= 15 is 0 Å². The summed E-state index contributed by atoms with van der Waals surface area (Å²) < 4.78 is 24.9. The lowest BCUT2D eigenvalue weighted by Gasteiger charge is -2.26. The predicted octanol–water partition coefficient (Wildman–Crippen LogP) is 0.143. The summed E-state index contributed by atoms with van der Waals surface area (Å²) in [6.07, 6.45) is -1.60. The Hall–Kier alpha value is -2.94. The van der Waals surface area contributed by atoms with Crippen molar-refractivity contribution >= 4 is 23.9 Å². The summed E-state index contributed by atoms with van der Waals surface area (Å²) in [5, 5.41) is 0. The second-order valence-electron chi connectivity index (χ2n) is 6.05. The molecule has 9 heteroatoms. The van der Waals surface area contributed by atoms with Crippen LogP contribution in [-0.4, -0.2) is 64.5 Å². The van der Waals surface area contributed by atoms with Crippen molar-refractivity contribution in [2.45, 2.75) is 25.0 Å². The van der Waals surface area contributed by atoms with E-state index in [0.29, 0.717) is 11.1 Å². The molecule has 0 aromatic rings. The Bertz CT molecular complexity index is 777. The van der Waals surface area contributed by atoms with Gasteiger partial charge in [0, 0.05) is 12.8 Å². The molecular formula is C18H18O9. The van der Waals surface area contributed by atoms with E-state index in [1.165, 1.54) is 28.4 Å². The molecule has 0 N–H and O–H groups in total. The largest absolute Gasteiger partial charge is 0.466 e. The van der Waals surface area contributed by atoms with Gasteiger partial charge in [-0.05, 0) is 11.1 Å². The Labute approximate surface area is 154 Å². The first-order chi connectivity index (χ1) is 12.9. The molecule has 144 valence electrons. The van der Waals surface area contributed by atoms with Crippen LogP contribution in [0, 0.1) is 0 Å². The van der Waals surface area contributed by atoms with Crippen LogP contribution in [0.15, 0.2) is 33.4 Å². The van der Waals surface area contributed by atoms with E-state index < -0.39 is 36.1 Å². The van der Waals surface area contributed by atoms with Gasteiger partial charge in [-0.1, -0.05) is 0 Å². The summed E-state index contributed by atoms with van der Waals surface area (Å²) in [5.74, 6) is -2.75. The van der Waals surface area contributed by atoms with Crippen LogP contribution < -0.4 is 0 Å². The van der Waals surface area contributed by atoms with Crippen molar-refractivity contribution in [3.8, 4) is 0 Å². The van der Waals surface area contributed by atoms with Gasteiger partial charge in [0.1, 0.15) is 12.2 Å².